The maximum Gasteiger partial charge on any atom is 0.111 e. The van der Waals surface area contributed by atoms with E-state index >= 15 is 0 Å². The summed E-state index contributed by atoms with van der Waals surface area (Å²) in [6.45, 7) is 0.997. The van der Waals surface area contributed by atoms with Gasteiger partial charge in [0.05, 0.1) is 6.20 Å². The van der Waals surface area contributed by atoms with E-state index in [0.29, 0.717) is 6.04 Å². The average Bonchev–Trinajstić information content (AvgIpc) is 2.32. The zero-order valence-corrected chi connectivity index (χ0v) is 7.71. The Bertz CT molecular complexity index is 269. The molecule has 3 nitrogen and oxygen atoms in total. The van der Waals surface area contributed by atoms with Crippen LogP contribution in [0, 0.1) is 0 Å². The third-order valence-corrected chi connectivity index (χ3v) is 2.69. The third-order valence-electron chi connectivity index (χ3n) is 2.06. The van der Waals surface area contributed by atoms with Crippen molar-refractivity contribution in [3.63, 3.8) is 0 Å². The topological polar surface area (TPSA) is 43.8 Å². The lowest BCUT2D eigenvalue weighted by Gasteiger charge is -2.19. The molecule has 0 aliphatic carbocycles. The van der Waals surface area contributed by atoms with Crippen LogP contribution in [0.15, 0.2) is 10.8 Å². The van der Waals surface area contributed by atoms with Gasteiger partial charge in [0.15, 0.2) is 0 Å². The Morgan fingerprint density at radius 2 is 2.55 bits per heavy atom. The molecule has 0 radical (unpaired) electrons. The highest BCUT2D eigenvalue weighted by atomic mass is 79.9. The van der Waals surface area contributed by atoms with Crippen molar-refractivity contribution in [1.29, 1.82) is 0 Å². The number of nitrogens with two attached hydrogens (primary N) is 1. The van der Waals surface area contributed by atoms with Crippen molar-refractivity contribution in [1.82, 2.24) is 9.55 Å². The second kappa shape index (κ2) is 2.60. The molecule has 1 unspecified atom stereocenters. The minimum Gasteiger partial charge on any atom is -0.327 e. The van der Waals surface area contributed by atoms with Crippen molar-refractivity contribution in [3.8, 4) is 0 Å². The molecule has 0 fully saturated rings. The minimum atomic E-state index is 0.303. The molecule has 0 saturated carbocycles. The Morgan fingerprint density at radius 1 is 1.73 bits per heavy atom. The molecule has 0 aromatic carbocycles. The molecular weight excluding hydrogens is 206 g/mol. The van der Waals surface area contributed by atoms with Crippen molar-refractivity contribution in [3.05, 3.63) is 16.6 Å². The van der Waals surface area contributed by atoms with Crippen LogP contribution in [0.1, 0.15) is 12.2 Å². The molecule has 1 aliphatic heterocycles. The van der Waals surface area contributed by atoms with Crippen molar-refractivity contribution in [2.45, 2.75) is 25.4 Å². The monoisotopic (exact) mass is 215 g/mol. The van der Waals surface area contributed by atoms with Gasteiger partial charge in [0.25, 0.3) is 0 Å². The molecule has 2 heterocycles. The standard InChI is InChI=1S/C7H10BrN3/c8-6-4-10-7-3-5(9)1-2-11(6)7/h4-5H,1-3,9H2. The van der Waals surface area contributed by atoms with Crippen molar-refractivity contribution >= 4 is 15.9 Å². The number of rotatable bonds is 0. The van der Waals surface area contributed by atoms with Crippen molar-refractivity contribution < 1.29 is 0 Å². The Hall–Kier alpha value is -0.350. The highest BCUT2D eigenvalue weighted by molar-refractivity contribution is 9.10. The van der Waals surface area contributed by atoms with Crippen LogP contribution in [0.4, 0.5) is 0 Å². The number of fused-ring (bicyclic) bond motifs is 1. The number of nitrogens with zero attached hydrogens (tertiary/aromatic N) is 2. The molecule has 60 valence electrons. The van der Waals surface area contributed by atoms with E-state index in [-0.39, 0.29) is 0 Å². The lowest BCUT2D eigenvalue weighted by atomic mass is 10.1. The summed E-state index contributed by atoms with van der Waals surface area (Å²) >= 11 is 3.43. The molecule has 0 saturated heterocycles. The van der Waals surface area contributed by atoms with Gasteiger partial charge >= 0.3 is 0 Å². The van der Waals surface area contributed by atoms with E-state index < -0.39 is 0 Å². The molecule has 1 aromatic heterocycles. The number of hydrogen-bond donors (Lipinski definition) is 1. The molecule has 2 N–H and O–H groups in total. The first-order chi connectivity index (χ1) is 5.27. The number of halogens is 1. The molecule has 1 aromatic rings. The summed E-state index contributed by atoms with van der Waals surface area (Å²) in [7, 11) is 0. The molecule has 4 heteroatoms. The fourth-order valence-corrected chi connectivity index (χ4v) is 1.91. The summed E-state index contributed by atoms with van der Waals surface area (Å²) in [5, 5.41) is 0. The molecule has 0 spiro atoms. The summed E-state index contributed by atoms with van der Waals surface area (Å²) in [5.41, 5.74) is 5.79. The van der Waals surface area contributed by atoms with Crippen LogP contribution in [0.2, 0.25) is 0 Å². The van der Waals surface area contributed by atoms with E-state index in [1.165, 1.54) is 0 Å². The smallest absolute Gasteiger partial charge is 0.111 e. The van der Waals surface area contributed by atoms with Crippen LogP contribution in [-0.2, 0) is 13.0 Å². The first-order valence-corrected chi connectivity index (χ1v) is 4.52. The molecule has 1 atom stereocenters. The lowest BCUT2D eigenvalue weighted by molar-refractivity contribution is 0.459. The number of hydrogen-bond acceptors (Lipinski definition) is 2. The normalized spacial score (nSPS) is 23.3. The third kappa shape index (κ3) is 1.20. The van der Waals surface area contributed by atoms with Gasteiger partial charge in [-0.2, -0.15) is 0 Å². The predicted octanol–water partition coefficient (Wildman–Crippen LogP) is 0.919. The summed E-state index contributed by atoms with van der Waals surface area (Å²) in [5.74, 6) is 1.11. The van der Waals surface area contributed by atoms with Gasteiger partial charge in [-0.05, 0) is 22.4 Å². The first kappa shape index (κ1) is 7.31. The van der Waals surface area contributed by atoms with E-state index in [0.717, 1.165) is 29.8 Å². The molecule has 0 amide bonds. The van der Waals surface area contributed by atoms with Gasteiger partial charge < -0.3 is 10.3 Å². The first-order valence-electron chi connectivity index (χ1n) is 3.73. The van der Waals surface area contributed by atoms with Gasteiger partial charge in [-0.3, -0.25) is 0 Å². The highest BCUT2D eigenvalue weighted by Crippen LogP contribution is 2.19. The van der Waals surface area contributed by atoms with E-state index in [9.17, 15) is 0 Å². The zero-order chi connectivity index (χ0) is 7.84. The lowest BCUT2D eigenvalue weighted by Crippen LogP contribution is -2.30. The van der Waals surface area contributed by atoms with Crippen molar-refractivity contribution in [2.24, 2.45) is 5.73 Å². The summed E-state index contributed by atoms with van der Waals surface area (Å²) in [4.78, 5) is 4.24. The summed E-state index contributed by atoms with van der Waals surface area (Å²) in [6.07, 6.45) is 3.81. The van der Waals surface area contributed by atoms with Gasteiger partial charge in [-0.25, -0.2) is 4.98 Å². The van der Waals surface area contributed by atoms with Crippen LogP contribution in [0.3, 0.4) is 0 Å². The molecule has 0 bridgehead atoms. The van der Waals surface area contributed by atoms with Crippen LogP contribution in [-0.4, -0.2) is 15.6 Å². The number of aromatic nitrogens is 2. The fourth-order valence-electron chi connectivity index (χ4n) is 1.42. The van der Waals surface area contributed by atoms with E-state index in [2.05, 4.69) is 25.5 Å². The van der Waals surface area contributed by atoms with Crippen LogP contribution >= 0.6 is 15.9 Å². The maximum absolute atomic E-state index is 5.79. The fraction of sp³-hybridized carbons (Fsp3) is 0.571. The predicted molar refractivity (Wildman–Crippen MR) is 46.2 cm³/mol. The van der Waals surface area contributed by atoms with Gasteiger partial charge in [0.1, 0.15) is 10.4 Å². The second-order valence-corrected chi connectivity index (χ2v) is 3.71. The Morgan fingerprint density at radius 3 is 3.36 bits per heavy atom. The molecular formula is C7H10BrN3. The van der Waals surface area contributed by atoms with Crippen LogP contribution in [0.5, 0.6) is 0 Å². The highest BCUT2D eigenvalue weighted by Gasteiger charge is 2.17. The SMILES string of the molecule is NC1CCn2c(Br)cnc2C1. The van der Waals surface area contributed by atoms with E-state index in [4.69, 9.17) is 5.73 Å². The van der Waals surface area contributed by atoms with Gasteiger partial charge in [0, 0.05) is 19.0 Å². The van der Waals surface area contributed by atoms with Gasteiger partial charge in [-0.15, -0.1) is 0 Å². The van der Waals surface area contributed by atoms with Crippen LogP contribution in [0.25, 0.3) is 0 Å². The summed E-state index contributed by atoms with van der Waals surface area (Å²) in [6, 6.07) is 0.303. The Balaban J connectivity index is 2.36. The largest absolute Gasteiger partial charge is 0.327 e. The molecule has 2 rings (SSSR count). The minimum absolute atomic E-state index is 0.303. The van der Waals surface area contributed by atoms with E-state index in [1.807, 2.05) is 6.20 Å². The molecule has 1 aliphatic rings. The zero-order valence-electron chi connectivity index (χ0n) is 6.13. The van der Waals surface area contributed by atoms with Gasteiger partial charge in [0.2, 0.25) is 0 Å². The van der Waals surface area contributed by atoms with Crippen LogP contribution < -0.4 is 5.73 Å². The quantitative estimate of drug-likeness (QED) is 0.700. The summed E-state index contributed by atoms with van der Waals surface area (Å²) < 4.78 is 3.24. The average molecular weight is 216 g/mol. The molecule has 11 heavy (non-hydrogen) atoms. The Labute approximate surface area is 73.7 Å². The maximum atomic E-state index is 5.79. The Kier molecular flexibility index (Phi) is 1.73. The van der Waals surface area contributed by atoms with Crippen molar-refractivity contribution in [2.75, 3.05) is 0 Å². The van der Waals surface area contributed by atoms with E-state index in [1.54, 1.807) is 0 Å². The van der Waals surface area contributed by atoms with Gasteiger partial charge in [-0.1, -0.05) is 0 Å². The number of imidazole rings is 1. The second-order valence-electron chi connectivity index (χ2n) is 2.90.